The van der Waals surface area contributed by atoms with E-state index in [1.807, 2.05) is 18.2 Å². The molecule has 1 aliphatic rings. The van der Waals surface area contributed by atoms with Crippen molar-refractivity contribution in [3.8, 4) is 0 Å². The molecule has 32 heavy (non-hydrogen) atoms. The molecule has 8 heteroatoms. The number of carbonyl (C=O) groups is 1. The predicted octanol–water partition coefficient (Wildman–Crippen LogP) is 3.75. The first-order valence-corrected chi connectivity index (χ1v) is 10.6. The van der Waals surface area contributed by atoms with Crippen LogP contribution in [-0.4, -0.2) is 46.4 Å². The summed E-state index contributed by atoms with van der Waals surface area (Å²) in [6.07, 6.45) is 1.57. The lowest BCUT2D eigenvalue weighted by molar-refractivity contribution is -0.121. The summed E-state index contributed by atoms with van der Waals surface area (Å²) in [6.45, 7) is 4.68. The first-order valence-electron chi connectivity index (χ1n) is 10.6. The zero-order valence-electron chi connectivity index (χ0n) is 17.9. The second kappa shape index (κ2) is 10.0. The molecule has 0 radical (unpaired) electrons. The Kier molecular flexibility index (Phi) is 6.92. The van der Waals surface area contributed by atoms with Crippen LogP contribution in [0.1, 0.15) is 23.1 Å². The maximum absolute atomic E-state index is 14.0. The van der Waals surface area contributed by atoms with Crippen LogP contribution < -0.4 is 5.32 Å². The van der Waals surface area contributed by atoms with Crippen molar-refractivity contribution in [2.45, 2.75) is 32.5 Å². The van der Waals surface area contributed by atoms with Gasteiger partial charge in [-0.3, -0.25) is 9.69 Å². The highest BCUT2D eigenvalue weighted by molar-refractivity contribution is 5.90. The van der Waals surface area contributed by atoms with E-state index in [1.165, 1.54) is 10.2 Å². The lowest BCUT2D eigenvalue weighted by Crippen LogP contribution is -2.43. The molecular weight excluding hydrogens is 414 g/mol. The number of amides is 1. The van der Waals surface area contributed by atoms with Crippen molar-refractivity contribution >= 4 is 11.7 Å². The van der Waals surface area contributed by atoms with Gasteiger partial charge in [-0.1, -0.05) is 30.3 Å². The monoisotopic (exact) mass is 440 g/mol. The molecule has 0 aliphatic carbocycles. The lowest BCUT2D eigenvalue weighted by Gasteiger charge is -2.32. The van der Waals surface area contributed by atoms with E-state index in [9.17, 15) is 13.6 Å². The Bertz CT molecular complexity index is 1070. The van der Waals surface area contributed by atoms with Crippen LogP contribution in [0.4, 0.5) is 14.6 Å². The van der Waals surface area contributed by atoms with Crippen molar-refractivity contribution in [3.63, 3.8) is 0 Å². The number of aromatic nitrogens is 2. The van der Waals surface area contributed by atoms with Crippen molar-refractivity contribution in [1.29, 1.82) is 0 Å². The van der Waals surface area contributed by atoms with Gasteiger partial charge in [0.15, 0.2) is 0 Å². The summed E-state index contributed by atoms with van der Waals surface area (Å²) in [4.78, 5) is 15.0. The van der Waals surface area contributed by atoms with Gasteiger partial charge in [0.05, 0.1) is 31.9 Å². The minimum absolute atomic E-state index is 0.0117. The van der Waals surface area contributed by atoms with Crippen LogP contribution >= 0.6 is 0 Å². The smallest absolute Gasteiger partial charge is 0.228 e. The molecule has 2 aromatic carbocycles. The fourth-order valence-electron chi connectivity index (χ4n) is 3.87. The molecule has 6 nitrogen and oxygen atoms in total. The highest BCUT2D eigenvalue weighted by Crippen LogP contribution is 2.19. The van der Waals surface area contributed by atoms with Gasteiger partial charge in [0.2, 0.25) is 5.91 Å². The zero-order chi connectivity index (χ0) is 22.5. The van der Waals surface area contributed by atoms with E-state index in [2.05, 4.69) is 27.4 Å². The SMILES string of the molecule is Cc1cnn(Cc2cc(F)ccc2F)c1NC(=O)CC1CN(Cc2ccccc2)CCO1. The van der Waals surface area contributed by atoms with Crippen LogP contribution in [0.15, 0.2) is 54.7 Å². The summed E-state index contributed by atoms with van der Waals surface area (Å²) in [5.74, 6) is -0.784. The predicted molar refractivity (Wildman–Crippen MR) is 117 cm³/mol. The average molecular weight is 440 g/mol. The summed E-state index contributed by atoms with van der Waals surface area (Å²) < 4.78 is 34.8. The van der Waals surface area contributed by atoms with Crippen LogP contribution in [0.25, 0.3) is 0 Å². The fourth-order valence-corrected chi connectivity index (χ4v) is 3.87. The molecule has 3 aromatic rings. The third-order valence-electron chi connectivity index (χ3n) is 5.49. The molecule has 1 aromatic heterocycles. The number of morpholine rings is 1. The van der Waals surface area contributed by atoms with Gasteiger partial charge in [0.1, 0.15) is 17.5 Å². The van der Waals surface area contributed by atoms with Crippen LogP contribution in [0.3, 0.4) is 0 Å². The zero-order valence-corrected chi connectivity index (χ0v) is 17.9. The van der Waals surface area contributed by atoms with Gasteiger partial charge in [0, 0.05) is 30.8 Å². The van der Waals surface area contributed by atoms with Crippen molar-refractivity contribution in [1.82, 2.24) is 14.7 Å². The van der Waals surface area contributed by atoms with Crippen LogP contribution in [0, 0.1) is 18.6 Å². The van der Waals surface area contributed by atoms with E-state index >= 15 is 0 Å². The van der Waals surface area contributed by atoms with E-state index < -0.39 is 11.6 Å². The highest BCUT2D eigenvalue weighted by Gasteiger charge is 2.24. The van der Waals surface area contributed by atoms with Crippen LogP contribution in [0.5, 0.6) is 0 Å². The molecule has 0 bridgehead atoms. The van der Waals surface area contributed by atoms with Crippen LogP contribution in [0.2, 0.25) is 0 Å². The summed E-state index contributed by atoms with van der Waals surface area (Å²) >= 11 is 0. The number of nitrogens with one attached hydrogen (secondary N) is 1. The summed E-state index contributed by atoms with van der Waals surface area (Å²) in [7, 11) is 0. The fraction of sp³-hybridized carbons (Fsp3) is 0.333. The van der Waals surface area contributed by atoms with E-state index in [0.717, 1.165) is 36.9 Å². The lowest BCUT2D eigenvalue weighted by atomic mass is 10.1. The maximum Gasteiger partial charge on any atom is 0.228 e. The Morgan fingerprint density at radius 1 is 1.19 bits per heavy atom. The van der Waals surface area contributed by atoms with Gasteiger partial charge >= 0.3 is 0 Å². The van der Waals surface area contributed by atoms with Crippen LogP contribution in [-0.2, 0) is 22.6 Å². The number of halogens is 2. The summed E-state index contributed by atoms with van der Waals surface area (Å²) in [5, 5.41) is 7.09. The third-order valence-corrected chi connectivity index (χ3v) is 5.49. The van der Waals surface area contributed by atoms with Gasteiger partial charge in [-0.15, -0.1) is 0 Å². The number of hydrogen-bond donors (Lipinski definition) is 1. The molecule has 1 fully saturated rings. The topological polar surface area (TPSA) is 59.4 Å². The first-order chi connectivity index (χ1) is 15.5. The molecule has 1 N–H and O–H groups in total. The number of anilines is 1. The number of ether oxygens (including phenoxy) is 1. The molecule has 1 amide bonds. The van der Waals surface area contributed by atoms with E-state index in [0.29, 0.717) is 19.0 Å². The molecule has 1 unspecified atom stereocenters. The maximum atomic E-state index is 14.0. The first kappa shape index (κ1) is 22.1. The average Bonchev–Trinajstić information content (AvgIpc) is 3.11. The Labute approximate surface area is 185 Å². The van der Waals surface area contributed by atoms with Gasteiger partial charge < -0.3 is 10.1 Å². The van der Waals surface area contributed by atoms with Gasteiger partial charge in [0.25, 0.3) is 0 Å². The molecule has 0 spiro atoms. The third kappa shape index (κ3) is 5.57. The molecule has 4 rings (SSSR count). The number of nitrogens with zero attached hydrogens (tertiary/aromatic N) is 3. The highest BCUT2D eigenvalue weighted by atomic mass is 19.1. The Hall–Kier alpha value is -3.10. The molecule has 0 saturated carbocycles. The van der Waals surface area contributed by atoms with Crippen molar-refractivity contribution in [2.24, 2.45) is 0 Å². The second-order valence-corrected chi connectivity index (χ2v) is 8.04. The summed E-state index contributed by atoms with van der Waals surface area (Å²) in [6, 6.07) is 13.5. The van der Waals surface area contributed by atoms with E-state index in [4.69, 9.17) is 4.74 Å². The van der Waals surface area contributed by atoms with Gasteiger partial charge in [-0.05, 0) is 30.7 Å². The quantitative estimate of drug-likeness (QED) is 0.608. The molecule has 2 heterocycles. The van der Waals surface area contributed by atoms with Crippen molar-refractivity contribution < 1.29 is 18.3 Å². The molecular formula is C24H26F2N4O2. The molecule has 168 valence electrons. The minimum atomic E-state index is -0.523. The number of carbonyl (C=O) groups excluding carboxylic acids is 1. The van der Waals surface area contributed by atoms with Crippen molar-refractivity contribution in [3.05, 3.63) is 83.1 Å². The van der Waals surface area contributed by atoms with Crippen molar-refractivity contribution in [2.75, 3.05) is 25.0 Å². The molecule has 1 saturated heterocycles. The normalized spacial score (nSPS) is 16.8. The van der Waals surface area contributed by atoms with Gasteiger partial charge in [-0.25, -0.2) is 13.5 Å². The number of benzene rings is 2. The Morgan fingerprint density at radius 3 is 2.81 bits per heavy atom. The number of aryl methyl sites for hydroxylation is 1. The molecule has 1 aliphatic heterocycles. The minimum Gasteiger partial charge on any atom is -0.375 e. The van der Waals surface area contributed by atoms with E-state index in [1.54, 1.807) is 13.1 Å². The molecule has 1 atom stereocenters. The number of hydrogen-bond acceptors (Lipinski definition) is 4. The Morgan fingerprint density at radius 2 is 2.00 bits per heavy atom. The largest absolute Gasteiger partial charge is 0.375 e. The number of rotatable bonds is 7. The second-order valence-electron chi connectivity index (χ2n) is 8.04. The van der Waals surface area contributed by atoms with E-state index in [-0.39, 0.29) is 30.5 Å². The summed E-state index contributed by atoms with van der Waals surface area (Å²) in [5.41, 5.74) is 2.13. The van der Waals surface area contributed by atoms with Gasteiger partial charge in [-0.2, -0.15) is 5.10 Å². The standard InChI is InChI=1S/C24H26F2N4O2/c1-17-13-27-30(15-19-11-20(25)7-8-22(19)26)24(17)28-23(31)12-21-16-29(9-10-32-21)14-18-5-3-2-4-6-18/h2-8,11,13,21H,9-10,12,14-16H2,1H3,(H,28,31). The Balaban J connectivity index is 1.37.